The molecule has 0 aliphatic heterocycles. The van der Waals surface area contributed by atoms with Crippen LogP contribution in [0, 0.1) is 0 Å². The Labute approximate surface area is 154 Å². The van der Waals surface area contributed by atoms with Crippen LogP contribution in [0.3, 0.4) is 0 Å². The Morgan fingerprint density at radius 2 is 1.88 bits per heavy atom. The third kappa shape index (κ3) is 3.65. The van der Waals surface area contributed by atoms with Crippen LogP contribution in [0.4, 0.5) is 0 Å². The van der Waals surface area contributed by atoms with Crippen molar-refractivity contribution in [2.75, 3.05) is 7.11 Å². The zero-order chi connectivity index (χ0) is 18.7. The molecule has 1 atom stereocenters. The van der Waals surface area contributed by atoms with Crippen LogP contribution in [0.1, 0.15) is 15.9 Å². The molecule has 7 heteroatoms. The molecule has 0 spiro atoms. The molecule has 0 aliphatic carbocycles. The average molecular weight is 373 g/mol. The number of nitrogens with zero attached hydrogens (tertiary/aromatic N) is 1. The number of carbonyl (C=O) groups is 2. The smallest absolute Gasteiger partial charge is 0.326 e. The van der Waals surface area contributed by atoms with Crippen LogP contribution in [0.5, 0.6) is 0 Å². The Bertz CT molecular complexity index is 950. The molecule has 3 rings (SSSR count). The number of carboxylic acids is 1. The lowest BCUT2D eigenvalue weighted by molar-refractivity contribution is -0.139. The fourth-order valence-electron chi connectivity index (χ4n) is 2.79. The summed E-state index contributed by atoms with van der Waals surface area (Å²) >= 11 is 5.81. The standard InChI is InChI=1S/C19H17ClN2O4/c1-26-22-11-13(15-4-2-3-5-17(15)22)10-16(19(24)25)21-18(23)12-6-8-14(20)9-7-12/h2-9,11,16H,10H2,1H3,(H,21,23)(H,24,25). The topological polar surface area (TPSA) is 80.6 Å². The maximum Gasteiger partial charge on any atom is 0.326 e. The van der Waals surface area contributed by atoms with Gasteiger partial charge in [0, 0.05) is 28.6 Å². The molecule has 1 unspecified atom stereocenters. The van der Waals surface area contributed by atoms with E-state index in [0.717, 1.165) is 16.5 Å². The van der Waals surface area contributed by atoms with Gasteiger partial charge in [-0.3, -0.25) is 4.79 Å². The summed E-state index contributed by atoms with van der Waals surface area (Å²) in [6.45, 7) is 0. The molecule has 0 aliphatic rings. The van der Waals surface area contributed by atoms with Crippen molar-refractivity contribution in [1.82, 2.24) is 10.0 Å². The first-order valence-electron chi connectivity index (χ1n) is 7.92. The highest BCUT2D eigenvalue weighted by Crippen LogP contribution is 2.22. The van der Waals surface area contributed by atoms with Gasteiger partial charge in [0.15, 0.2) is 0 Å². The molecular formula is C19H17ClN2O4. The van der Waals surface area contributed by atoms with E-state index in [4.69, 9.17) is 16.4 Å². The van der Waals surface area contributed by atoms with Crippen molar-refractivity contribution in [2.45, 2.75) is 12.5 Å². The third-order valence-corrected chi connectivity index (χ3v) is 4.34. The molecular weight excluding hydrogens is 356 g/mol. The van der Waals surface area contributed by atoms with Crippen LogP contribution in [0.25, 0.3) is 10.9 Å². The van der Waals surface area contributed by atoms with E-state index in [9.17, 15) is 14.7 Å². The van der Waals surface area contributed by atoms with Crippen LogP contribution in [0.2, 0.25) is 5.02 Å². The zero-order valence-corrected chi connectivity index (χ0v) is 14.7. The van der Waals surface area contributed by atoms with Crippen molar-refractivity contribution in [3.63, 3.8) is 0 Å². The maximum atomic E-state index is 12.3. The van der Waals surface area contributed by atoms with Gasteiger partial charge in [0.2, 0.25) is 0 Å². The van der Waals surface area contributed by atoms with E-state index in [1.165, 1.54) is 7.11 Å². The molecule has 0 bridgehead atoms. The largest absolute Gasteiger partial charge is 0.480 e. The number of amides is 1. The summed E-state index contributed by atoms with van der Waals surface area (Å²) in [4.78, 5) is 29.3. The van der Waals surface area contributed by atoms with Gasteiger partial charge in [-0.15, -0.1) is 0 Å². The summed E-state index contributed by atoms with van der Waals surface area (Å²) in [7, 11) is 1.53. The minimum atomic E-state index is -1.11. The van der Waals surface area contributed by atoms with Gasteiger partial charge in [0.25, 0.3) is 5.91 Å². The molecule has 1 aromatic heterocycles. The lowest BCUT2D eigenvalue weighted by atomic mass is 10.0. The van der Waals surface area contributed by atoms with Gasteiger partial charge in [-0.05, 0) is 35.9 Å². The summed E-state index contributed by atoms with van der Waals surface area (Å²) < 4.78 is 1.57. The van der Waals surface area contributed by atoms with Crippen LogP contribution in [-0.4, -0.2) is 34.9 Å². The van der Waals surface area contributed by atoms with E-state index in [-0.39, 0.29) is 6.42 Å². The molecule has 2 aromatic carbocycles. The van der Waals surface area contributed by atoms with Gasteiger partial charge in [0.1, 0.15) is 13.2 Å². The number of hydrogen-bond donors (Lipinski definition) is 2. The molecule has 0 saturated carbocycles. The molecule has 0 fully saturated rings. The summed E-state index contributed by atoms with van der Waals surface area (Å²) in [5.41, 5.74) is 1.95. The predicted molar refractivity (Wildman–Crippen MR) is 98.5 cm³/mol. The Kier molecular flexibility index (Phi) is 5.14. The molecule has 2 N–H and O–H groups in total. The number of carbonyl (C=O) groups excluding carboxylic acids is 1. The highest BCUT2D eigenvalue weighted by molar-refractivity contribution is 6.30. The van der Waals surface area contributed by atoms with Gasteiger partial charge in [-0.1, -0.05) is 29.8 Å². The van der Waals surface area contributed by atoms with E-state index in [1.54, 1.807) is 35.2 Å². The van der Waals surface area contributed by atoms with Gasteiger partial charge >= 0.3 is 5.97 Å². The van der Waals surface area contributed by atoms with Crippen LogP contribution < -0.4 is 10.2 Å². The number of benzene rings is 2. The first kappa shape index (κ1) is 17.8. The first-order chi connectivity index (χ1) is 12.5. The van der Waals surface area contributed by atoms with E-state index in [1.807, 2.05) is 24.3 Å². The van der Waals surface area contributed by atoms with E-state index < -0.39 is 17.9 Å². The molecule has 3 aromatic rings. The number of fused-ring (bicyclic) bond motifs is 1. The SMILES string of the molecule is COn1cc(CC(NC(=O)c2ccc(Cl)cc2)C(=O)O)c2ccccc21. The van der Waals surface area contributed by atoms with Crippen molar-refractivity contribution in [3.8, 4) is 0 Å². The minimum Gasteiger partial charge on any atom is -0.480 e. The zero-order valence-electron chi connectivity index (χ0n) is 14.0. The van der Waals surface area contributed by atoms with Gasteiger partial charge in [-0.25, -0.2) is 4.79 Å². The Morgan fingerprint density at radius 1 is 1.19 bits per heavy atom. The van der Waals surface area contributed by atoms with E-state index >= 15 is 0 Å². The number of aromatic nitrogens is 1. The monoisotopic (exact) mass is 372 g/mol. The Morgan fingerprint density at radius 3 is 2.54 bits per heavy atom. The maximum absolute atomic E-state index is 12.3. The molecule has 26 heavy (non-hydrogen) atoms. The quantitative estimate of drug-likeness (QED) is 0.697. The van der Waals surface area contributed by atoms with E-state index in [0.29, 0.717) is 10.6 Å². The average Bonchev–Trinajstić information content (AvgIpc) is 2.99. The number of para-hydroxylation sites is 1. The Hall–Kier alpha value is -2.99. The van der Waals surface area contributed by atoms with Crippen LogP contribution in [0.15, 0.2) is 54.7 Å². The number of nitrogens with one attached hydrogen (secondary N) is 1. The number of halogens is 1. The highest BCUT2D eigenvalue weighted by atomic mass is 35.5. The van der Waals surface area contributed by atoms with Crippen molar-refractivity contribution < 1.29 is 19.5 Å². The Balaban J connectivity index is 1.84. The van der Waals surface area contributed by atoms with E-state index in [2.05, 4.69) is 5.32 Å². The van der Waals surface area contributed by atoms with Gasteiger partial charge < -0.3 is 15.3 Å². The third-order valence-electron chi connectivity index (χ3n) is 4.09. The van der Waals surface area contributed by atoms with Crippen LogP contribution in [-0.2, 0) is 11.2 Å². The van der Waals surface area contributed by atoms with Crippen molar-refractivity contribution >= 4 is 34.4 Å². The van der Waals surface area contributed by atoms with Gasteiger partial charge in [-0.2, -0.15) is 4.73 Å². The molecule has 1 amide bonds. The summed E-state index contributed by atoms with van der Waals surface area (Å²) in [6, 6.07) is 12.7. The number of hydrogen-bond acceptors (Lipinski definition) is 3. The fourth-order valence-corrected chi connectivity index (χ4v) is 2.92. The lowest BCUT2D eigenvalue weighted by Crippen LogP contribution is -2.42. The molecule has 1 heterocycles. The second kappa shape index (κ2) is 7.49. The van der Waals surface area contributed by atoms with Crippen LogP contribution >= 0.6 is 11.6 Å². The summed E-state index contributed by atoms with van der Waals surface area (Å²) in [5, 5.41) is 13.5. The minimum absolute atomic E-state index is 0.130. The van der Waals surface area contributed by atoms with Gasteiger partial charge in [0.05, 0.1) is 5.52 Å². The molecule has 0 saturated heterocycles. The predicted octanol–water partition coefficient (Wildman–Crippen LogP) is 2.78. The first-order valence-corrected chi connectivity index (χ1v) is 8.30. The molecule has 134 valence electrons. The number of carboxylic acid groups (broad SMARTS) is 1. The normalized spacial score (nSPS) is 11.9. The fraction of sp³-hybridized carbons (Fsp3) is 0.158. The molecule has 0 radical (unpaired) electrons. The summed E-state index contributed by atoms with van der Waals surface area (Å²) in [5.74, 6) is -1.58. The highest BCUT2D eigenvalue weighted by Gasteiger charge is 2.23. The second-order valence-electron chi connectivity index (χ2n) is 5.76. The van der Waals surface area contributed by atoms with Crippen molar-refractivity contribution in [2.24, 2.45) is 0 Å². The second-order valence-corrected chi connectivity index (χ2v) is 6.19. The van der Waals surface area contributed by atoms with Crippen molar-refractivity contribution in [3.05, 3.63) is 70.9 Å². The van der Waals surface area contributed by atoms with Crippen molar-refractivity contribution in [1.29, 1.82) is 0 Å². The summed E-state index contributed by atoms with van der Waals surface area (Å²) in [6.07, 6.45) is 1.86. The lowest BCUT2D eigenvalue weighted by Gasteiger charge is -2.14. The molecule has 6 nitrogen and oxygen atoms in total. The number of rotatable bonds is 6. The number of aliphatic carboxylic acids is 1.